The first kappa shape index (κ1) is 13.1. The van der Waals surface area contributed by atoms with Crippen LogP contribution in [0.15, 0.2) is 28.8 Å². The Kier molecular flexibility index (Phi) is 3.79. The number of hydrogen-bond acceptors (Lipinski definition) is 4. The summed E-state index contributed by atoms with van der Waals surface area (Å²) in [6.07, 6.45) is 0. The lowest BCUT2D eigenvalue weighted by molar-refractivity contribution is -0.114. The minimum absolute atomic E-state index is 0.0161. The number of carbonyl (C=O) groups excluding carboxylic acids is 1. The fraction of sp³-hybridized carbons (Fsp3) is 0.231. The third kappa shape index (κ3) is 3.54. The molecule has 2 aromatic rings. The number of aromatic nitrogens is 1. The Balaban J connectivity index is 1.88. The van der Waals surface area contributed by atoms with E-state index in [1.165, 1.54) is 6.07 Å². The number of hydrogen-bond donors (Lipinski definition) is 2. The molecular formula is C13H14FN3O2. The van der Waals surface area contributed by atoms with Crippen LogP contribution in [0, 0.1) is 19.7 Å². The molecule has 0 bridgehead atoms. The fourth-order valence-corrected chi connectivity index (χ4v) is 1.49. The lowest BCUT2D eigenvalue weighted by Gasteiger charge is -2.06. The number of benzene rings is 1. The highest BCUT2D eigenvalue weighted by Crippen LogP contribution is 2.13. The van der Waals surface area contributed by atoms with Crippen molar-refractivity contribution in [2.75, 3.05) is 17.2 Å². The van der Waals surface area contributed by atoms with Crippen LogP contribution in [0.1, 0.15) is 11.3 Å². The summed E-state index contributed by atoms with van der Waals surface area (Å²) in [5.74, 6) is -0.312. The number of amides is 1. The van der Waals surface area contributed by atoms with Crippen LogP contribution in [-0.4, -0.2) is 17.6 Å². The van der Waals surface area contributed by atoms with Crippen LogP contribution in [-0.2, 0) is 4.79 Å². The van der Waals surface area contributed by atoms with Gasteiger partial charge in [0.1, 0.15) is 5.82 Å². The Morgan fingerprint density at radius 3 is 2.79 bits per heavy atom. The van der Waals surface area contributed by atoms with Gasteiger partial charge in [0.25, 0.3) is 0 Å². The molecule has 1 amide bonds. The zero-order chi connectivity index (χ0) is 13.8. The minimum atomic E-state index is -0.309. The predicted molar refractivity (Wildman–Crippen MR) is 69.5 cm³/mol. The summed E-state index contributed by atoms with van der Waals surface area (Å²) in [5.41, 5.74) is 1.79. The highest BCUT2D eigenvalue weighted by Gasteiger charge is 2.06. The van der Waals surface area contributed by atoms with Gasteiger partial charge in [-0.3, -0.25) is 10.1 Å². The number of rotatable bonds is 4. The largest absolute Gasteiger partial charge is 0.376 e. The maximum absolute atomic E-state index is 13.3. The van der Waals surface area contributed by atoms with Crippen molar-refractivity contribution in [1.82, 2.24) is 5.16 Å². The molecule has 0 aliphatic carbocycles. The molecule has 2 rings (SSSR count). The molecule has 6 heteroatoms. The summed E-state index contributed by atoms with van der Waals surface area (Å²) in [6.45, 7) is 3.45. The summed E-state index contributed by atoms with van der Waals surface area (Å²) < 4.78 is 18.1. The van der Waals surface area contributed by atoms with Crippen molar-refractivity contribution >= 4 is 17.5 Å². The molecule has 19 heavy (non-hydrogen) atoms. The quantitative estimate of drug-likeness (QED) is 0.889. The first-order chi connectivity index (χ1) is 9.04. The molecule has 0 saturated heterocycles. The maximum atomic E-state index is 13.3. The third-order valence-corrected chi connectivity index (χ3v) is 2.52. The van der Waals surface area contributed by atoms with Crippen LogP contribution >= 0.6 is 0 Å². The fourth-order valence-electron chi connectivity index (χ4n) is 1.49. The average Bonchev–Trinajstić information content (AvgIpc) is 2.76. The highest BCUT2D eigenvalue weighted by molar-refractivity contribution is 5.92. The Morgan fingerprint density at radius 1 is 1.37 bits per heavy atom. The molecule has 100 valence electrons. The van der Waals surface area contributed by atoms with E-state index in [2.05, 4.69) is 15.8 Å². The number of halogens is 1. The maximum Gasteiger partial charge on any atom is 0.246 e. The topological polar surface area (TPSA) is 67.2 Å². The van der Waals surface area contributed by atoms with E-state index < -0.39 is 0 Å². The number of nitrogens with one attached hydrogen (secondary N) is 2. The van der Waals surface area contributed by atoms with Crippen molar-refractivity contribution in [3.05, 3.63) is 41.3 Å². The van der Waals surface area contributed by atoms with Crippen molar-refractivity contribution in [2.24, 2.45) is 0 Å². The second kappa shape index (κ2) is 5.51. The second-order valence-corrected chi connectivity index (χ2v) is 4.20. The van der Waals surface area contributed by atoms with E-state index >= 15 is 0 Å². The van der Waals surface area contributed by atoms with Crippen molar-refractivity contribution in [2.45, 2.75) is 13.8 Å². The van der Waals surface area contributed by atoms with Gasteiger partial charge in [0.15, 0.2) is 0 Å². The van der Waals surface area contributed by atoms with Gasteiger partial charge in [-0.05, 0) is 31.5 Å². The summed E-state index contributed by atoms with van der Waals surface area (Å²) in [5, 5.41) is 9.01. The van der Waals surface area contributed by atoms with Gasteiger partial charge in [0.2, 0.25) is 11.8 Å². The summed E-state index contributed by atoms with van der Waals surface area (Å²) >= 11 is 0. The first-order valence-electron chi connectivity index (χ1n) is 5.78. The van der Waals surface area contributed by atoms with Gasteiger partial charge in [0.05, 0.1) is 12.2 Å². The molecule has 0 fully saturated rings. The van der Waals surface area contributed by atoms with E-state index in [0.717, 1.165) is 0 Å². The van der Waals surface area contributed by atoms with Crippen LogP contribution in [0.25, 0.3) is 0 Å². The minimum Gasteiger partial charge on any atom is -0.376 e. The van der Waals surface area contributed by atoms with Crippen molar-refractivity contribution in [3.63, 3.8) is 0 Å². The molecule has 0 aliphatic rings. The number of aryl methyl sites for hydroxylation is 2. The van der Waals surface area contributed by atoms with Crippen LogP contribution in [0.3, 0.4) is 0 Å². The van der Waals surface area contributed by atoms with E-state index in [1.54, 1.807) is 32.0 Å². The molecule has 0 unspecified atom stereocenters. The van der Waals surface area contributed by atoms with Crippen molar-refractivity contribution in [3.8, 4) is 0 Å². The van der Waals surface area contributed by atoms with E-state index in [4.69, 9.17) is 4.52 Å². The van der Waals surface area contributed by atoms with Crippen LogP contribution in [0.2, 0.25) is 0 Å². The van der Waals surface area contributed by atoms with E-state index in [9.17, 15) is 9.18 Å². The summed E-state index contributed by atoms with van der Waals surface area (Å²) in [4.78, 5) is 11.6. The third-order valence-electron chi connectivity index (χ3n) is 2.52. The molecule has 0 aliphatic heterocycles. The van der Waals surface area contributed by atoms with Crippen LogP contribution < -0.4 is 10.6 Å². The van der Waals surface area contributed by atoms with Gasteiger partial charge >= 0.3 is 0 Å². The predicted octanol–water partition coefficient (Wildman–Crippen LogP) is 2.48. The second-order valence-electron chi connectivity index (χ2n) is 4.20. The lowest BCUT2D eigenvalue weighted by atomic mass is 10.2. The van der Waals surface area contributed by atoms with Crippen molar-refractivity contribution in [1.29, 1.82) is 0 Å². The van der Waals surface area contributed by atoms with Crippen molar-refractivity contribution < 1.29 is 13.7 Å². The molecule has 2 N–H and O–H groups in total. The zero-order valence-corrected chi connectivity index (χ0v) is 10.7. The summed E-state index contributed by atoms with van der Waals surface area (Å²) in [6, 6.07) is 6.32. The Labute approximate surface area is 109 Å². The Hall–Kier alpha value is -2.37. The van der Waals surface area contributed by atoms with E-state index in [1.807, 2.05) is 0 Å². The summed E-state index contributed by atoms with van der Waals surface area (Å²) in [7, 11) is 0. The molecule has 0 saturated carbocycles. The Morgan fingerprint density at radius 2 is 2.16 bits per heavy atom. The monoisotopic (exact) mass is 263 g/mol. The number of nitrogens with zero attached hydrogens (tertiary/aromatic N) is 1. The van der Waals surface area contributed by atoms with Gasteiger partial charge in [-0.1, -0.05) is 11.2 Å². The molecule has 0 atom stereocenters. The SMILES string of the molecule is Cc1cc(NC(=O)CNc2ccc(C)c(F)c2)on1. The Bertz CT molecular complexity index is 595. The van der Waals surface area contributed by atoms with Gasteiger partial charge in [-0.15, -0.1) is 0 Å². The first-order valence-corrected chi connectivity index (χ1v) is 5.78. The smallest absolute Gasteiger partial charge is 0.246 e. The average molecular weight is 263 g/mol. The van der Waals surface area contributed by atoms with E-state index in [0.29, 0.717) is 22.8 Å². The molecule has 5 nitrogen and oxygen atoms in total. The molecule has 0 radical (unpaired) electrons. The van der Waals surface area contributed by atoms with Gasteiger partial charge in [0, 0.05) is 11.8 Å². The van der Waals surface area contributed by atoms with Gasteiger partial charge in [-0.2, -0.15) is 0 Å². The lowest BCUT2D eigenvalue weighted by Crippen LogP contribution is -2.21. The number of carbonyl (C=O) groups is 1. The normalized spacial score (nSPS) is 10.3. The standard InChI is InChI=1S/C13H14FN3O2/c1-8-3-4-10(6-11(8)14)15-7-12(18)16-13-5-9(2)17-19-13/h3-6,15H,7H2,1-2H3,(H,16,18). The van der Waals surface area contributed by atoms with Gasteiger partial charge < -0.3 is 9.84 Å². The van der Waals surface area contributed by atoms with Gasteiger partial charge in [-0.25, -0.2) is 4.39 Å². The molecule has 1 heterocycles. The highest BCUT2D eigenvalue weighted by atomic mass is 19.1. The molecular weight excluding hydrogens is 249 g/mol. The zero-order valence-electron chi connectivity index (χ0n) is 10.7. The number of anilines is 2. The van der Waals surface area contributed by atoms with Crippen LogP contribution in [0.4, 0.5) is 16.0 Å². The van der Waals surface area contributed by atoms with Crippen LogP contribution in [0.5, 0.6) is 0 Å². The molecule has 1 aromatic heterocycles. The van der Waals surface area contributed by atoms with E-state index in [-0.39, 0.29) is 18.3 Å². The molecule has 0 spiro atoms. The molecule has 1 aromatic carbocycles.